The van der Waals surface area contributed by atoms with Crippen LogP contribution in [-0.4, -0.2) is 10.1 Å². The zero-order chi connectivity index (χ0) is 15.5. The second kappa shape index (κ2) is 6.37. The monoisotopic (exact) mass is 363 g/mol. The molecular weight excluding hydrogens is 350 g/mol. The highest BCUT2D eigenvalue weighted by Crippen LogP contribution is 2.28. The molecule has 22 heavy (non-hydrogen) atoms. The Bertz CT molecular complexity index is 765. The van der Waals surface area contributed by atoms with Crippen LogP contribution in [0, 0.1) is 6.92 Å². The Labute approximate surface area is 135 Å². The number of furan rings is 1. The summed E-state index contributed by atoms with van der Waals surface area (Å²) in [6.45, 7) is 2.11. The Kier molecular flexibility index (Phi) is 4.31. The molecule has 1 aromatic carbocycles. The van der Waals surface area contributed by atoms with Crippen molar-refractivity contribution in [3.63, 3.8) is 0 Å². The molecule has 0 radical (unpaired) electrons. The van der Waals surface area contributed by atoms with E-state index >= 15 is 0 Å². The molecule has 3 aromatic rings. The average molecular weight is 364 g/mol. The number of aryl methyl sites for hydroxylation is 1. The zero-order valence-corrected chi connectivity index (χ0v) is 13.5. The molecule has 6 heteroatoms. The van der Waals surface area contributed by atoms with Gasteiger partial charge in [0, 0.05) is 0 Å². The molecule has 2 aromatic heterocycles. The molecule has 0 unspecified atom stereocenters. The van der Waals surface area contributed by atoms with E-state index in [-0.39, 0.29) is 13.2 Å². The lowest BCUT2D eigenvalue weighted by Crippen LogP contribution is -1.98. The van der Waals surface area contributed by atoms with Gasteiger partial charge in [-0.3, -0.25) is 0 Å². The van der Waals surface area contributed by atoms with Gasteiger partial charge in [0.2, 0.25) is 0 Å². The third-order valence-electron chi connectivity index (χ3n) is 3.17. The molecular formula is C16H14BrNO4. The van der Waals surface area contributed by atoms with Crippen molar-refractivity contribution in [2.45, 2.75) is 20.1 Å². The van der Waals surface area contributed by atoms with Gasteiger partial charge in [-0.15, -0.1) is 0 Å². The van der Waals surface area contributed by atoms with E-state index in [4.69, 9.17) is 18.7 Å². The van der Waals surface area contributed by atoms with Crippen molar-refractivity contribution in [2.24, 2.45) is 0 Å². The van der Waals surface area contributed by atoms with Crippen molar-refractivity contribution in [1.29, 1.82) is 0 Å². The summed E-state index contributed by atoms with van der Waals surface area (Å²) in [5.41, 5.74) is 1.53. The summed E-state index contributed by atoms with van der Waals surface area (Å²) in [6.07, 6.45) is 1.57. The van der Waals surface area contributed by atoms with Gasteiger partial charge in [-0.05, 0) is 52.7 Å². The second-order valence-corrected chi connectivity index (χ2v) is 5.57. The summed E-state index contributed by atoms with van der Waals surface area (Å²) in [6, 6.07) is 9.01. The summed E-state index contributed by atoms with van der Waals surface area (Å²) in [4.78, 5) is 4.39. The van der Waals surface area contributed by atoms with Gasteiger partial charge in [-0.25, -0.2) is 4.98 Å². The van der Waals surface area contributed by atoms with E-state index in [1.54, 1.807) is 24.5 Å². The minimum absolute atomic E-state index is 0.00617. The van der Waals surface area contributed by atoms with Crippen LogP contribution in [0.2, 0.25) is 0 Å². The van der Waals surface area contributed by atoms with Crippen molar-refractivity contribution < 1.29 is 18.7 Å². The van der Waals surface area contributed by atoms with Crippen LogP contribution in [0.4, 0.5) is 0 Å². The third kappa shape index (κ3) is 3.08. The molecule has 0 bridgehead atoms. The fourth-order valence-electron chi connectivity index (χ4n) is 1.97. The van der Waals surface area contributed by atoms with E-state index in [0.29, 0.717) is 28.9 Å². The molecule has 0 aliphatic carbocycles. The van der Waals surface area contributed by atoms with Crippen molar-refractivity contribution in [3.8, 4) is 17.4 Å². The number of oxazole rings is 1. The first-order valence-corrected chi connectivity index (χ1v) is 7.49. The van der Waals surface area contributed by atoms with Crippen LogP contribution in [0.1, 0.15) is 17.0 Å². The third-order valence-corrected chi connectivity index (χ3v) is 3.79. The maximum absolute atomic E-state index is 9.10. The lowest BCUT2D eigenvalue weighted by atomic mass is 10.2. The molecule has 0 aliphatic rings. The van der Waals surface area contributed by atoms with E-state index in [1.807, 2.05) is 19.1 Å². The highest BCUT2D eigenvalue weighted by Gasteiger charge is 2.14. The van der Waals surface area contributed by atoms with Crippen LogP contribution in [0.15, 0.2) is 49.9 Å². The summed E-state index contributed by atoms with van der Waals surface area (Å²) in [5.74, 6) is 2.40. The van der Waals surface area contributed by atoms with Gasteiger partial charge < -0.3 is 18.7 Å². The van der Waals surface area contributed by atoms with E-state index in [2.05, 4.69) is 20.9 Å². The van der Waals surface area contributed by atoms with Crippen molar-refractivity contribution in [2.75, 3.05) is 0 Å². The van der Waals surface area contributed by atoms with Crippen molar-refractivity contribution in [1.82, 2.24) is 4.98 Å². The second-order valence-electron chi connectivity index (χ2n) is 4.71. The SMILES string of the molecule is Cc1oc(-c2ccco2)nc1COc1ccc(CO)cc1Br. The average Bonchev–Trinajstić information content (AvgIpc) is 3.15. The standard InChI is InChI=1S/C16H14BrNO4/c1-10-13(18-16(22-10)15-3-2-6-20-15)9-21-14-5-4-11(8-19)7-12(14)17/h2-7,19H,8-9H2,1H3. The highest BCUT2D eigenvalue weighted by molar-refractivity contribution is 9.10. The van der Waals surface area contributed by atoms with Gasteiger partial charge in [-0.1, -0.05) is 6.07 Å². The molecule has 0 aliphatic heterocycles. The minimum atomic E-state index is -0.00617. The molecule has 3 rings (SSSR count). The predicted octanol–water partition coefficient (Wildman–Crippen LogP) is 4.08. The Morgan fingerprint density at radius 2 is 2.18 bits per heavy atom. The molecule has 2 heterocycles. The largest absolute Gasteiger partial charge is 0.486 e. The number of aromatic nitrogens is 1. The van der Waals surface area contributed by atoms with Crippen molar-refractivity contribution >= 4 is 15.9 Å². The molecule has 0 fully saturated rings. The van der Waals surface area contributed by atoms with Gasteiger partial charge >= 0.3 is 0 Å². The van der Waals surface area contributed by atoms with Crippen LogP contribution in [0.3, 0.4) is 0 Å². The number of ether oxygens (including phenoxy) is 1. The summed E-state index contributed by atoms with van der Waals surface area (Å²) in [5, 5.41) is 9.10. The van der Waals surface area contributed by atoms with Crippen LogP contribution in [-0.2, 0) is 13.2 Å². The Hall–Kier alpha value is -2.05. The molecule has 0 saturated carbocycles. The lowest BCUT2D eigenvalue weighted by Gasteiger charge is -2.08. The van der Waals surface area contributed by atoms with Crippen LogP contribution >= 0.6 is 15.9 Å². The topological polar surface area (TPSA) is 68.6 Å². The fraction of sp³-hybridized carbons (Fsp3) is 0.188. The number of rotatable bonds is 5. The van der Waals surface area contributed by atoms with Gasteiger partial charge in [0.25, 0.3) is 5.89 Å². The molecule has 0 amide bonds. The first-order chi connectivity index (χ1) is 10.7. The predicted molar refractivity (Wildman–Crippen MR) is 83.3 cm³/mol. The molecule has 1 N–H and O–H groups in total. The van der Waals surface area contributed by atoms with Gasteiger partial charge in [0.15, 0.2) is 5.76 Å². The van der Waals surface area contributed by atoms with E-state index in [0.717, 1.165) is 10.0 Å². The van der Waals surface area contributed by atoms with Gasteiger partial charge in [-0.2, -0.15) is 0 Å². The minimum Gasteiger partial charge on any atom is -0.486 e. The molecule has 114 valence electrons. The maximum Gasteiger partial charge on any atom is 0.263 e. The quantitative estimate of drug-likeness (QED) is 0.739. The highest BCUT2D eigenvalue weighted by atomic mass is 79.9. The zero-order valence-electron chi connectivity index (χ0n) is 11.9. The Balaban J connectivity index is 1.74. The van der Waals surface area contributed by atoms with Gasteiger partial charge in [0.05, 0.1) is 17.3 Å². The molecule has 0 saturated heterocycles. The number of halogens is 1. The Morgan fingerprint density at radius 3 is 2.86 bits per heavy atom. The van der Waals surface area contributed by atoms with Crippen molar-refractivity contribution in [3.05, 3.63) is 58.1 Å². The van der Waals surface area contributed by atoms with E-state index in [1.165, 1.54) is 0 Å². The number of benzene rings is 1. The Morgan fingerprint density at radius 1 is 1.32 bits per heavy atom. The number of aliphatic hydroxyl groups excluding tert-OH is 1. The normalized spacial score (nSPS) is 10.9. The molecule has 0 atom stereocenters. The first-order valence-electron chi connectivity index (χ1n) is 6.69. The molecule has 5 nitrogen and oxygen atoms in total. The van der Waals surface area contributed by atoms with E-state index < -0.39 is 0 Å². The fourth-order valence-corrected chi connectivity index (χ4v) is 2.51. The first kappa shape index (κ1) is 14.9. The maximum atomic E-state index is 9.10. The number of aliphatic hydroxyl groups is 1. The smallest absolute Gasteiger partial charge is 0.263 e. The lowest BCUT2D eigenvalue weighted by molar-refractivity contribution is 0.280. The number of nitrogens with zero attached hydrogens (tertiary/aromatic N) is 1. The summed E-state index contributed by atoms with van der Waals surface area (Å²) >= 11 is 3.42. The van der Waals surface area contributed by atoms with Crippen LogP contribution in [0.25, 0.3) is 11.7 Å². The molecule has 0 spiro atoms. The van der Waals surface area contributed by atoms with Gasteiger partial charge in [0.1, 0.15) is 23.8 Å². The number of hydrogen-bond acceptors (Lipinski definition) is 5. The summed E-state index contributed by atoms with van der Waals surface area (Å²) in [7, 11) is 0. The van der Waals surface area contributed by atoms with Crippen LogP contribution < -0.4 is 4.74 Å². The summed E-state index contributed by atoms with van der Waals surface area (Å²) < 4.78 is 17.4. The van der Waals surface area contributed by atoms with Crippen LogP contribution in [0.5, 0.6) is 5.75 Å². The van der Waals surface area contributed by atoms with E-state index in [9.17, 15) is 0 Å². The number of hydrogen-bond donors (Lipinski definition) is 1.